The van der Waals surface area contributed by atoms with E-state index in [4.69, 9.17) is 58.5 Å². The maximum absolute atomic E-state index is 13.0. The molecular formula is C20H26Cl3NO10. The number of halogens is 3. The molecule has 192 valence electrons. The molecule has 2 bridgehead atoms. The van der Waals surface area contributed by atoms with Crippen molar-refractivity contribution < 1.29 is 48.0 Å². The van der Waals surface area contributed by atoms with E-state index in [9.17, 15) is 24.3 Å². The highest BCUT2D eigenvalue weighted by Crippen LogP contribution is 2.52. The van der Waals surface area contributed by atoms with E-state index in [0.29, 0.717) is 0 Å². The summed E-state index contributed by atoms with van der Waals surface area (Å²) in [7, 11) is 0. The number of aliphatic hydroxyl groups is 1. The molecule has 2 saturated heterocycles. The summed E-state index contributed by atoms with van der Waals surface area (Å²) in [5.74, 6) is -5.95. The zero-order chi connectivity index (χ0) is 25.9. The molecule has 7 atom stereocenters. The molecule has 0 unspecified atom stereocenters. The molecule has 0 radical (unpaired) electrons. The minimum Gasteiger partial charge on any atom is -0.459 e. The van der Waals surface area contributed by atoms with Crippen molar-refractivity contribution in [3.05, 3.63) is 0 Å². The van der Waals surface area contributed by atoms with Gasteiger partial charge in [0.15, 0.2) is 5.79 Å². The number of hydrogen-bond donors (Lipinski definition) is 2. The van der Waals surface area contributed by atoms with Crippen molar-refractivity contribution in [2.45, 2.75) is 86.2 Å². The van der Waals surface area contributed by atoms with Crippen molar-refractivity contribution in [2.24, 2.45) is 5.92 Å². The van der Waals surface area contributed by atoms with Gasteiger partial charge in [0.05, 0.1) is 18.6 Å². The maximum atomic E-state index is 13.0. The average molecular weight is 547 g/mol. The van der Waals surface area contributed by atoms with Crippen LogP contribution in [0.5, 0.6) is 0 Å². The number of amides is 1. The summed E-state index contributed by atoms with van der Waals surface area (Å²) < 4.78 is 25.3. The van der Waals surface area contributed by atoms with E-state index in [-0.39, 0.29) is 6.61 Å². The lowest BCUT2D eigenvalue weighted by Gasteiger charge is -2.60. The molecule has 3 fully saturated rings. The van der Waals surface area contributed by atoms with Gasteiger partial charge < -0.3 is 34.1 Å². The standard InChI is InChI=1S/C20H26Cl3NO10/c1-8(25)31-11-6-19(24-16(28)20(21,22)23)12(10-7-30-17(3,4)34-10)13(18(11,5)29)33-15(27)14(19)32-9(2)26/h10-14,29H,6-7H2,1-5H3,(H,24,28)/t10-,11+,12+,13-,14-,18-,19+/m1/s1. The highest BCUT2D eigenvalue weighted by Gasteiger charge is 2.73. The highest BCUT2D eigenvalue weighted by molar-refractivity contribution is 6.76. The SMILES string of the molecule is CC(=O)O[C@H]1C[C@]2(NC(=O)C(Cl)(Cl)Cl)[C@@H]([C@H]3COC(C)(C)O3)[C@@H](OC(=O)[C@H]2OC(C)=O)[C@]1(C)O. The zero-order valence-electron chi connectivity index (χ0n) is 19.1. The van der Waals surface area contributed by atoms with Crippen LogP contribution >= 0.6 is 34.8 Å². The fraction of sp³-hybridized carbons (Fsp3) is 0.800. The first-order valence-electron chi connectivity index (χ1n) is 10.4. The van der Waals surface area contributed by atoms with Crippen LogP contribution in [-0.4, -0.2) is 80.7 Å². The summed E-state index contributed by atoms with van der Waals surface area (Å²) in [6.45, 7) is 6.76. The molecule has 14 heteroatoms. The summed E-state index contributed by atoms with van der Waals surface area (Å²) in [5.41, 5.74) is -3.80. The summed E-state index contributed by atoms with van der Waals surface area (Å²) >= 11 is 17.4. The molecule has 0 aromatic heterocycles. The van der Waals surface area contributed by atoms with Crippen molar-refractivity contribution in [3.8, 4) is 0 Å². The van der Waals surface area contributed by atoms with E-state index in [2.05, 4.69) is 5.32 Å². The van der Waals surface area contributed by atoms with Gasteiger partial charge in [0, 0.05) is 20.3 Å². The van der Waals surface area contributed by atoms with E-state index < -0.39 is 81.3 Å². The van der Waals surface area contributed by atoms with Gasteiger partial charge in [-0.2, -0.15) is 0 Å². The van der Waals surface area contributed by atoms with Crippen LogP contribution in [0.15, 0.2) is 0 Å². The Morgan fingerprint density at radius 3 is 2.18 bits per heavy atom. The number of esters is 3. The predicted octanol–water partition coefficient (Wildman–Crippen LogP) is 0.923. The van der Waals surface area contributed by atoms with Gasteiger partial charge >= 0.3 is 17.9 Å². The van der Waals surface area contributed by atoms with Crippen LogP contribution < -0.4 is 5.32 Å². The third-order valence-corrected chi connectivity index (χ3v) is 6.74. The molecule has 3 aliphatic rings. The molecule has 3 rings (SSSR count). The van der Waals surface area contributed by atoms with Crippen molar-refractivity contribution in [2.75, 3.05) is 6.61 Å². The normalized spacial score (nSPS) is 39.1. The summed E-state index contributed by atoms with van der Waals surface area (Å²) in [5, 5.41) is 13.9. The zero-order valence-corrected chi connectivity index (χ0v) is 21.3. The smallest absolute Gasteiger partial charge is 0.350 e. The summed E-state index contributed by atoms with van der Waals surface area (Å²) in [4.78, 5) is 49.7. The quantitative estimate of drug-likeness (QED) is 0.296. The number of alkyl halides is 3. The van der Waals surface area contributed by atoms with Crippen molar-refractivity contribution in [1.82, 2.24) is 5.32 Å². The lowest BCUT2D eigenvalue weighted by Crippen LogP contribution is -2.82. The van der Waals surface area contributed by atoms with Gasteiger partial charge in [-0.05, 0) is 20.8 Å². The number of fused-ring (bicyclic) bond motifs is 2. The van der Waals surface area contributed by atoms with Crippen LogP contribution in [0.3, 0.4) is 0 Å². The van der Waals surface area contributed by atoms with Crippen LogP contribution in [0.4, 0.5) is 0 Å². The predicted molar refractivity (Wildman–Crippen MR) is 116 cm³/mol. The van der Waals surface area contributed by atoms with E-state index >= 15 is 0 Å². The Morgan fingerprint density at radius 2 is 1.71 bits per heavy atom. The molecule has 2 N–H and O–H groups in total. The lowest BCUT2D eigenvalue weighted by atomic mass is 9.58. The number of nitrogens with one attached hydrogen (secondary N) is 1. The minimum atomic E-state index is -2.47. The Hall–Kier alpha value is -1.37. The Bertz CT molecular complexity index is 888. The Balaban J connectivity index is 2.23. The molecule has 1 aliphatic carbocycles. The molecule has 0 aromatic rings. The summed E-state index contributed by atoms with van der Waals surface area (Å²) in [6, 6.07) is 0. The van der Waals surface area contributed by atoms with E-state index in [1.165, 1.54) is 6.92 Å². The molecular weight excluding hydrogens is 521 g/mol. The molecule has 2 aliphatic heterocycles. The van der Waals surface area contributed by atoms with Crippen LogP contribution in [0, 0.1) is 5.92 Å². The Labute approximate surface area is 210 Å². The topological polar surface area (TPSA) is 147 Å². The van der Waals surface area contributed by atoms with E-state index in [1.54, 1.807) is 13.8 Å². The maximum Gasteiger partial charge on any atom is 0.350 e. The van der Waals surface area contributed by atoms with E-state index in [0.717, 1.165) is 13.8 Å². The van der Waals surface area contributed by atoms with Crippen LogP contribution in [0.2, 0.25) is 0 Å². The number of hydrogen-bond acceptors (Lipinski definition) is 10. The molecule has 34 heavy (non-hydrogen) atoms. The second kappa shape index (κ2) is 8.94. The Morgan fingerprint density at radius 1 is 1.12 bits per heavy atom. The first kappa shape index (κ1) is 27.2. The first-order valence-corrected chi connectivity index (χ1v) is 11.5. The molecule has 1 amide bonds. The van der Waals surface area contributed by atoms with Gasteiger partial charge in [0.1, 0.15) is 23.3 Å². The number of carbonyl (C=O) groups excluding carboxylic acids is 4. The molecule has 0 aromatic carbocycles. The Kier molecular flexibility index (Phi) is 7.15. The molecule has 1 saturated carbocycles. The third kappa shape index (κ3) is 4.96. The van der Waals surface area contributed by atoms with Crippen LogP contribution in [0.25, 0.3) is 0 Å². The van der Waals surface area contributed by atoms with E-state index in [1.807, 2.05) is 0 Å². The number of ether oxygens (including phenoxy) is 5. The molecule has 11 nitrogen and oxygen atoms in total. The second-order valence-electron chi connectivity index (χ2n) is 9.26. The minimum absolute atomic E-state index is 0.0296. The fourth-order valence-corrected chi connectivity index (χ4v) is 5.06. The average Bonchev–Trinajstić information content (AvgIpc) is 3.01. The summed E-state index contributed by atoms with van der Waals surface area (Å²) in [6.07, 6.45) is -5.75. The monoisotopic (exact) mass is 545 g/mol. The van der Waals surface area contributed by atoms with Gasteiger partial charge in [-0.15, -0.1) is 0 Å². The second-order valence-corrected chi connectivity index (χ2v) is 11.5. The van der Waals surface area contributed by atoms with Gasteiger partial charge in [0.2, 0.25) is 6.10 Å². The number of carbonyl (C=O) groups is 4. The van der Waals surface area contributed by atoms with Gasteiger partial charge in [-0.25, -0.2) is 4.79 Å². The van der Waals surface area contributed by atoms with Crippen molar-refractivity contribution in [1.29, 1.82) is 0 Å². The third-order valence-electron chi connectivity index (χ3n) is 6.22. The van der Waals surface area contributed by atoms with Crippen LogP contribution in [0.1, 0.15) is 41.0 Å². The number of rotatable bonds is 4. The van der Waals surface area contributed by atoms with Crippen molar-refractivity contribution >= 4 is 58.6 Å². The van der Waals surface area contributed by atoms with Gasteiger partial charge in [-0.1, -0.05) is 34.8 Å². The highest BCUT2D eigenvalue weighted by atomic mass is 35.6. The van der Waals surface area contributed by atoms with Crippen LogP contribution in [-0.2, 0) is 42.9 Å². The largest absolute Gasteiger partial charge is 0.459 e. The molecule has 0 spiro atoms. The lowest BCUT2D eigenvalue weighted by molar-refractivity contribution is -0.277. The molecule has 2 heterocycles. The van der Waals surface area contributed by atoms with Gasteiger partial charge in [-0.3, -0.25) is 14.4 Å². The first-order chi connectivity index (χ1) is 15.4. The van der Waals surface area contributed by atoms with Crippen molar-refractivity contribution in [3.63, 3.8) is 0 Å². The van der Waals surface area contributed by atoms with Gasteiger partial charge in [0.25, 0.3) is 9.70 Å². The fourth-order valence-electron chi connectivity index (χ4n) is 4.92.